The van der Waals surface area contributed by atoms with Crippen LogP contribution in [-0.4, -0.2) is 34.1 Å². The van der Waals surface area contributed by atoms with Crippen molar-refractivity contribution in [2.45, 2.75) is 13.8 Å². The van der Waals surface area contributed by atoms with E-state index < -0.39 is 11.9 Å². The molecule has 156 valence electrons. The van der Waals surface area contributed by atoms with Crippen LogP contribution in [0.1, 0.15) is 31.8 Å². The third kappa shape index (κ3) is 3.93. The van der Waals surface area contributed by atoms with Gasteiger partial charge in [-0.2, -0.15) is 0 Å². The molecule has 0 aliphatic carbocycles. The number of aromatic nitrogens is 2. The molecule has 0 amide bonds. The lowest BCUT2D eigenvalue weighted by atomic mass is 10.1. The SMILES string of the molecule is COC(=O)c1cc(C)c2[nH]ccc2c1Cl.Cc1cc(C(=O)O)c(Cl)c2c(Br)c[nH]c12. The van der Waals surface area contributed by atoms with Gasteiger partial charge in [0.25, 0.3) is 0 Å². The highest BCUT2D eigenvalue weighted by molar-refractivity contribution is 9.10. The van der Waals surface area contributed by atoms with Crippen molar-refractivity contribution in [1.29, 1.82) is 0 Å². The molecule has 0 spiro atoms. The zero-order chi connectivity index (χ0) is 22.2. The van der Waals surface area contributed by atoms with Gasteiger partial charge >= 0.3 is 11.9 Å². The Balaban J connectivity index is 0.000000171. The highest BCUT2D eigenvalue weighted by Gasteiger charge is 2.17. The number of hydrogen-bond donors (Lipinski definition) is 3. The van der Waals surface area contributed by atoms with Gasteiger partial charge in [-0.3, -0.25) is 0 Å². The van der Waals surface area contributed by atoms with E-state index in [4.69, 9.17) is 28.3 Å². The first kappa shape index (κ1) is 22.2. The Morgan fingerprint density at radius 2 is 1.67 bits per heavy atom. The highest BCUT2D eigenvalue weighted by Crippen LogP contribution is 2.35. The van der Waals surface area contributed by atoms with Gasteiger partial charge in [0.1, 0.15) is 0 Å². The number of carboxylic acids is 1. The maximum Gasteiger partial charge on any atom is 0.339 e. The predicted molar refractivity (Wildman–Crippen MR) is 122 cm³/mol. The number of aromatic amines is 2. The molecule has 0 saturated carbocycles. The lowest BCUT2D eigenvalue weighted by molar-refractivity contribution is 0.0600. The number of nitrogens with one attached hydrogen (secondary N) is 2. The number of H-pyrrole nitrogens is 2. The lowest BCUT2D eigenvalue weighted by Gasteiger charge is -2.05. The number of hydrogen-bond acceptors (Lipinski definition) is 3. The minimum Gasteiger partial charge on any atom is -0.478 e. The number of carbonyl (C=O) groups is 2. The van der Waals surface area contributed by atoms with Crippen LogP contribution in [0, 0.1) is 13.8 Å². The lowest BCUT2D eigenvalue weighted by Crippen LogP contribution is -2.02. The molecule has 9 heteroatoms. The molecule has 0 unspecified atom stereocenters. The number of carboxylic acid groups (broad SMARTS) is 1. The molecule has 0 aliphatic heterocycles. The Bertz CT molecular complexity index is 1290. The maximum atomic E-state index is 11.4. The standard InChI is InChI=1S/C11H10ClNO2.C10H7BrClNO2/c1-6-5-8(11(14)15-2)9(12)7-3-4-13-10(6)7;1-4-2-5(10(14)15)8(12)7-6(11)3-13-9(4)7/h3-5,13H,1-2H3;2-3,13H,1H3,(H,14,15). The Hall–Kier alpha value is -2.48. The van der Waals surface area contributed by atoms with Gasteiger partial charge in [-0.1, -0.05) is 23.2 Å². The summed E-state index contributed by atoms with van der Waals surface area (Å²) in [6.45, 7) is 3.76. The van der Waals surface area contributed by atoms with Crippen molar-refractivity contribution in [3.63, 3.8) is 0 Å². The van der Waals surface area contributed by atoms with Crippen LogP contribution in [0.15, 0.2) is 35.1 Å². The second kappa shape index (κ2) is 8.71. The van der Waals surface area contributed by atoms with Gasteiger partial charge in [0.2, 0.25) is 0 Å². The minimum atomic E-state index is -1.02. The smallest absolute Gasteiger partial charge is 0.339 e. The van der Waals surface area contributed by atoms with Crippen molar-refractivity contribution in [2.75, 3.05) is 7.11 Å². The van der Waals surface area contributed by atoms with Crippen molar-refractivity contribution in [3.05, 3.63) is 67.4 Å². The van der Waals surface area contributed by atoms with E-state index in [0.29, 0.717) is 16.0 Å². The van der Waals surface area contributed by atoms with Gasteiger partial charge in [0, 0.05) is 33.2 Å². The highest BCUT2D eigenvalue weighted by atomic mass is 79.9. The maximum absolute atomic E-state index is 11.4. The number of fused-ring (bicyclic) bond motifs is 2. The molecule has 2 aromatic carbocycles. The number of aryl methyl sites for hydroxylation is 2. The van der Waals surface area contributed by atoms with E-state index in [1.54, 1.807) is 24.5 Å². The van der Waals surface area contributed by atoms with Gasteiger partial charge in [0.05, 0.1) is 33.8 Å². The first-order valence-corrected chi connectivity index (χ1v) is 10.3. The van der Waals surface area contributed by atoms with E-state index in [0.717, 1.165) is 32.0 Å². The zero-order valence-corrected chi connectivity index (χ0v) is 19.3. The molecule has 2 aromatic heterocycles. The average Bonchev–Trinajstić information content (AvgIpc) is 3.35. The summed E-state index contributed by atoms with van der Waals surface area (Å²) >= 11 is 15.5. The van der Waals surface area contributed by atoms with Crippen LogP contribution in [0.3, 0.4) is 0 Å². The molecule has 0 radical (unpaired) electrons. The molecule has 3 N–H and O–H groups in total. The number of ether oxygens (including phenoxy) is 1. The third-order valence-corrected chi connectivity index (χ3v) is 6.08. The van der Waals surface area contributed by atoms with Crippen molar-refractivity contribution in [3.8, 4) is 0 Å². The fraction of sp³-hybridized carbons (Fsp3) is 0.143. The third-order valence-electron chi connectivity index (χ3n) is 4.65. The van der Waals surface area contributed by atoms with E-state index in [2.05, 4.69) is 30.6 Å². The zero-order valence-electron chi connectivity index (χ0n) is 16.2. The summed E-state index contributed by atoms with van der Waals surface area (Å²) in [6.07, 6.45) is 3.54. The van der Waals surface area contributed by atoms with Crippen LogP contribution in [0.2, 0.25) is 10.0 Å². The molecule has 0 bridgehead atoms. The van der Waals surface area contributed by atoms with E-state index in [1.165, 1.54) is 7.11 Å². The Morgan fingerprint density at radius 1 is 1.03 bits per heavy atom. The van der Waals surface area contributed by atoms with E-state index in [9.17, 15) is 9.59 Å². The first-order valence-electron chi connectivity index (χ1n) is 8.70. The predicted octanol–water partition coefficient (Wildman–Crippen LogP) is 6.51. The van der Waals surface area contributed by atoms with Gasteiger partial charge in [0.15, 0.2) is 0 Å². The quantitative estimate of drug-likeness (QED) is 0.267. The molecular weight excluding hydrogens is 495 g/mol. The van der Waals surface area contributed by atoms with Crippen LogP contribution in [0.4, 0.5) is 0 Å². The van der Waals surface area contributed by atoms with E-state index >= 15 is 0 Å². The Labute approximate surface area is 190 Å². The Kier molecular flexibility index (Phi) is 6.45. The van der Waals surface area contributed by atoms with Crippen LogP contribution in [0.25, 0.3) is 21.8 Å². The molecule has 0 saturated heterocycles. The molecule has 0 fully saturated rings. The molecule has 4 aromatic rings. The first-order chi connectivity index (χ1) is 14.2. The molecule has 0 aliphatic rings. The fourth-order valence-electron chi connectivity index (χ4n) is 3.20. The van der Waals surface area contributed by atoms with Crippen LogP contribution in [0.5, 0.6) is 0 Å². The molecule has 0 atom stereocenters. The summed E-state index contributed by atoms with van der Waals surface area (Å²) in [7, 11) is 1.34. The minimum absolute atomic E-state index is 0.127. The largest absolute Gasteiger partial charge is 0.478 e. The van der Waals surface area contributed by atoms with E-state index in [1.807, 2.05) is 19.9 Å². The van der Waals surface area contributed by atoms with Gasteiger partial charge in [-0.05, 0) is 59.1 Å². The number of carbonyl (C=O) groups excluding carboxylic acids is 1. The van der Waals surface area contributed by atoms with Crippen LogP contribution < -0.4 is 0 Å². The van der Waals surface area contributed by atoms with Crippen molar-refractivity contribution >= 4 is 72.9 Å². The van der Waals surface area contributed by atoms with Gasteiger partial charge < -0.3 is 19.8 Å². The average molecular weight is 512 g/mol. The molecule has 2 heterocycles. The van der Waals surface area contributed by atoms with Crippen LogP contribution >= 0.6 is 39.1 Å². The summed E-state index contributed by atoms with van der Waals surface area (Å²) in [6, 6.07) is 5.14. The number of esters is 1. The van der Waals surface area contributed by atoms with Crippen molar-refractivity contribution in [2.24, 2.45) is 0 Å². The topological polar surface area (TPSA) is 95.2 Å². The van der Waals surface area contributed by atoms with Crippen molar-refractivity contribution in [1.82, 2.24) is 9.97 Å². The molecule has 4 rings (SSSR count). The summed E-state index contributed by atoms with van der Waals surface area (Å²) < 4.78 is 5.44. The number of benzene rings is 2. The normalized spacial score (nSPS) is 10.7. The second-order valence-electron chi connectivity index (χ2n) is 6.56. The molecule has 30 heavy (non-hydrogen) atoms. The second-order valence-corrected chi connectivity index (χ2v) is 8.17. The number of methoxy groups -OCH3 is 1. The summed E-state index contributed by atoms with van der Waals surface area (Å²) in [5.41, 5.74) is 4.17. The van der Waals surface area contributed by atoms with Gasteiger partial charge in [-0.15, -0.1) is 0 Å². The van der Waals surface area contributed by atoms with Crippen LogP contribution in [-0.2, 0) is 4.74 Å². The van der Waals surface area contributed by atoms with E-state index in [-0.39, 0.29) is 10.6 Å². The summed E-state index contributed by atoms with van der Waals surface area (Å²) in [5.74, 6) is -1.43. The molecule has 6 nitrogen and oxygen atoms in total. The summed E-state index contributed by atoms with van der Waals surface area (Å²) in [4.78, 5) is 28.5. The fourth-order valence-corrected chi connectivity index (χ4v) is 4.45. The van der Waals surface area contributed by atoms with Crippen molar-refractivity contribution < 1.29 is 19.4 Å². The van der Waals surface area contributed by atoms with Gasteiger partial charge in [-0.25, -0.2) is 9.59 Å². The number of halogens is 3. The summed E-state index contributed by atoms with van der Waals surface area (Å²) in [5, 5.41) is 11.2. The number of rotatable bonds is 2. The molecular formula is C21H17BrCl2N2O4. The number of aromatic carboxylic acids is 1. The monoisotopic (exact) mass is 510 g/mol. The Morgan fingerprint density at radius 3 is 2.30 bits per heavy atom.